The molecule has 1 N–H and O–H groups in total. The Morgan fingerprint density at radius 3 is 2.72 bits per heavy atom. The summed E-state index contributed by atoms with van der Waals surface area (Å²) in [4.78, 5) is 19.0. The Kier molecular flexibility index (Phi) is 5.71. The van der Waals surface area contributed by atoms with E-state index in [4.69, 9.17) is 4.74 Å². The zero-order valence-corrected chi connectivity index (χ0v) is 14.9. The lowest BCUT2D eigenvalue weighted by atomic mass is 10.0. The van der Waals surface area contributed by atoms with Gasteiger partial charge in [0.2, 0.25) is 0 Å². The fraction of sp³-hybridized carbons (Fsp3) is 0.474. The lowest BCUT2D eigenvalue weighted by molar-refractivity contribution is 0.0910. The van der Waals surface area contributed by atoms with E-state index in [2.05, 4.69) is 21.3 Å². The molecule has 25 heavy (non-hydrogen) atoms. The van der Waals surface area contributed by atoms with Crippen molar-refractivity contribution in [3.63, 3.8) is 0 Å². The van der Waals surface area contributed by atoms with Crippen molar-refractivity contribution in [2.24, 2.45) is 7.05 Å². The zero-order valence-electron chi connectivity index (χ0n) is 14.9. The van der Waals surface area contributed by atoms with E-state index in [-0.39, 0.29) is 11.9 Å². The van der Waals surface area contributed by atoms with E-state index in [1.807, 2.05) is 25.2 Å². The molecule has 1 atom stereocenters. The van der Waals surface area contributed by atoms with E-state index in [0.717, 1.165) is 24.4 Å². The molecule has 1 aromatic heterocycles. The summed E-state index contributed by atoms with van der Waals surface area (Å²) in [6.45, 7) is 2.62. The third-order valence-electron chi connectivity index (χ3n) is 4.81. The highest BCUT2D eigenvalue weighted by atomic mass is 16.5. The van der Waals surface area contributed by atoms with Gasteiger partial charge < -0.3 is 14.6 Å². The minimum Gasteiger partial charge on any atom is -0.496 e. The van der Waals surface area contributed by atoms with Gasteiger partial charge in [0.05, 0.1) is 13.2 Å². The lowest BCUT2D eigenvalue weighted by Gasteiger charge is -2.35. The number of carbonyl (C=O) groups excluding carboxylic acids is 1. The predicted octanol–water partition coefficient (Wildman–Crippen LogP) is 2.39. The Morgan fingerprint density at radius 1 is 1.28 bits per heavy atom. The summed E-state index contributed by atoms with van der Waals surface area (Å²) < 4.78 is 7.29. The largest absolute Gasteiger partial charge is 0.496 e. The minimum atomic E-state index is -0.149. The number of rotatable bonds is 6. The average Bonchev–Trinajstić information content (AvgIpc) is 3.09. The molecule has 1 aliphatic heterocycles. The van der Waals surface area contributed by atoms with Crippen molar-refractivity contribution in [3.05, 3.63) is 48.0 Å². The van der Waals surface area contributed by atoms with Crippen molar-refractivity contribution in [1.29, 1.82) is 0 Å². The van der Waals surface area contributed by atoms with Crippen molar-refractivity contribution in [3.8, 4) is 5.75 Å². The molecule has 6 heteroatoms. The Bertz CT molecular complexity index is 707. The van der Waals surface area contributed by atoms with Crippen LogP contribution in [0.4, 0.5) is 0 Å². The molecular formula is C19H26N4O2. The molecule has 134 valence electrons. The smallest absolute Gasteiger partial charge is 0.287 e. The number of aryl methyl sites for hydroxylation is 1. The first-order valence-corrected chi connectivity index (χ1v) is 8.83. The van der Waals surface area contributed by atoms with E-state index in [1.54, 1.807) is 24.1 Å². The molecule has 1 aromatic carbocycles. The third kappa shape index (κ3) is 4.02. The molecule has 2 aromatic rings. The maximum absolute atomic E-state index is 12.5. The van der Waals surface area contributed by atoms with Crippen LogP contribution >= 0.6 is 0 Å². The minimum absolute atomic E-state index is 0.0978. The summed E-state index contributed by atoms with van der Waals surface area (Å²) in [5, 5.41) is 3.05. The highest BCUT2D eigenvalue weighted by molar-refractivity contribution is 5.90. The molecule has 0 aliphatic carbocycles. The van der Waals surface area contributed by atoms with Crippen molar-refractivity contribution in [2.45, 2.75) is 25.3 Å². The highest BCUT2D eigenvalue weighted by Gasteiger charge is 2.25. The summed E-state index contributed by atoms with van der Waals surface area (Å²) in [5.74, 6) is 1.14. The number of piperidine rings is 1. The molecule has 0 saturated carbocycles. The van der Waals surface area contributed by atoms with Crippen LogP contribution in [0.25, 0.3) is 0 Å². The van der Waals surface area contributed by atoms with E-state index in [0.29, 0.717) is 12.4 Å². The van der Waals surface area contributed by atoms with Gasteiger partial charge in [0, 0.05) is 31.5 Å². The molecule has 3 rings (SSSR count). The van der Waals surface area contributed by atoms with Crippen molar-refractivity contribution >= 4 is 5.91 Å². The molecule has 1 amide bonds. The van der Waals surface area contributed by atoms with Crippen LogP contribution in [0.3, 0.4) is 0 Å². The van der Waals surface area contributed by atoms with Crippen molar-refractivity contribution in [1.82, 2.24) is 19.8 Å². The van der Waals surface area contributed by atoms with Crippen LogP contribution in [0.1, 0.15) is 41.5 Å². The molecule has 0 unspecified atom stereocenters. The molecule has 1 saturated heterocycles. The van der Waals surface area contributed by atoms with Gasteiger partial charge in [-0.25, -0.2) is 4.98 Å². The molecule has 0 radical (unpaired) electrons. The van der Waals surface area contributed by atoms with Gasteiger partial charge in [0.15, 0.2) is 5.82 Å². The first-order chi connectivity index (χ1) is 12.2. The lowest BCUT2D eigenvalue weighted by Crippen LogP contribution is -2.41. The zero-order chi connectivity index (χ0) is 17.6. The standard InChI is InChI=1S/C19H26N4O2/c1-22-13-10-20-18(22)19(24)21-14-16(23-11-6-3-7-12-23)15-8-4-5-9-17(15)25-2/h4-5,8-10,13,16H,3,6-7,11-12,14H2,1-2H3,(H,21,24)/t16-/m0/s1. The van der Waals surface area contributed by atoms with Gasteiger partial charge in [-0.05, 0) is 32.0 Å². The van der Waals surface area contributed by atoms with Gasteiger partial charge in [-0.3, -0.25) is 9.69 Å². The van der Waals surface area contributed by atoms with Crippen molar-refractivity contribution in [2.75, 3.05) is 26.7 Å². The molecule has 0 spiro atoms. The van der Waals surface area contributed by atoms with Gasteiger partial charge >= 0.3 is 0 Å². The number of carbonyl (C=O) groups is 1. The van der Waals surface area contributed by atoms with E-state index < -0.39 is 0 Å². The van der Waals surface area contributed by atoms with Crippen LogP contribution in [0, 0.1) is 0 Å². The number of imidazole rings is 1. The number of ether oxygens (including phenoxy) is 1. The van der Waals surface area contributed by atoms with Gasteiger partial charge in [-0.15, -0.1) is 0 Å². The van der Waals surface area contributed by atoms with Crippen molar-refractivity contribution < 1.29 is 9.53 Å². The van der Waals surface area contributed by atoms with Crippen LogP contribution in [-0.4, -0.2) is 47.1 Å². The number of methoxy groups -OCH3 is 1. The summed E-state index contributed by atoms with van der Waals surface area (Å²) in [6.07, 6.45) is 7.07. The van der Waals surface area contributed by atoms with Gasteiger partial charge in [-0.1, -0.05) is 24.6 Å². The highest BCUT2D eigenvalue weighted by Crippen LogP contribution is 2.30. The maximum Gasteiger partial charge on any atom is 0.287 e. The number of aromatic nitrogens is 2. The topological polar surface area (TPSA) is 59.4 Å². The van der Waals surface area contributed by atoms with Crippen LogP contribution in [0.5, 0.6) is 5.75 Å². The summed E-state index contributed by atoms with van der Waals surface area (Å²) in [7, 11) is 3.52. The average molecular weight is 342 g/mol. The SMILES string of the molecule is COc1ccccc1[C@H](CNC(=O)c1nccn1C)N1CCCCC1. The number of hydrogen-bond acceptors (Lipinski definition) is 4. The fourth-order valence-corrected chi connectivity index (χ4v) is 3.46. The second kappa shape index (κ2) is 8.16. The molecular weight excluding hydrogens is 316 g/mol. The second-order valence-electron chi connectivity index (χ2n) is 6.43. The van der Waals surface area contributed by atoms with Crippen LogP contribution < -0.4 is 10.1 Å². The normalized spacial score (nSPS) is 16.4. The van der Waals surface area contributed by atoms with Gasteiger partial charge in [0.25, 0.3) is 5.91 Å². The van der Waals surface area contributed by atoms with Crippen LogP contribution in [0.15, 0.2) is 36.7 Å². The monoisotopic (exact) mass is 342 g/mol. The Hall–Kier alpha value is -2.34. The molecule has 2 heterocycles. The number of amides is 1. The predicted molar refractivity (Wildman–Crippen MR) is 96.7 cm³/mol. The molecule has 0 bridgehead atoms. The van der Waals surface area contributed by atoms with E-state index in [1.165, 1.54) is 19.3 Å². The Morgan fingerprint density at radius 2 is 2.04 bits per heavy atom. The van der Waals surface area contributed by atoms with Crippen LogP contribution in [0.2, 0.25) is 0 Å². The van der Waals surface area contributed by atoms with Gasteiger partial charge in [-0.2, -0.15) is 0 Å². The summed E-state index contributed by atoms with van der Waals surface area (Å²) >= 11 is 0. The van der Waals surface area contributed by atoms with Crippen LogP contribution in [-0.2, 0) is 7.05 Å². The third-order valence-corrected chi connectivity index (χ3v) is 4.81. The van der Waals surface area contributed by atoms with E-state index in [9.17, 15) is 4.79 Å². The van der Waals surface area contributed by atoms with E-state index >= 15 is 0 Å². The number of nitrogens with zero attached hydrogens (tertiary/aromatic N) is 3. The number of hydrogen-bond donors (Lipinski definition) is 1. The molecule has 6 nitrogen and oxygen atoms in total. The second-order valence-corrected chi connectivity index (χ2v) is 6.43. The number of para-hydroxylation sites is 1. The summed E-state index contributed by atoms with van der Waals surface area (Å²) in [5.41, 5.74) is 1.12. The first-order valence-electron chi connectivity index (χ1n) is 8.83. The number of benzene rings is 1. The molecule has 1 aliphatic rings. The Labute approximate surface area is 148 Å². The van der Waals surface area contributed by atoms with Gasteiger partial charge in [0.1, 0.15) is 5.75 Å². The first kappa shape index (κ1) is 17.5. The fourth-order valence-electron chi connectivity index (χ4n) is 3.46. The number of likely N-dealkylation sites (tertiary alicyclic amines) is 1. The Balaban J connectivity index is 1.79. The number of nitrogens with one attached hydrogen (secondary N) is 1. The molecule has 1 fully saturated rings. The summed E-state index contributed by atoms with van der Waals surface area (Å²) in [6, 6.07) is 8.16. The quantitative estimate of drug-likeness (QED) is 0.876. The maximum atomic E-state index is 12.5.